The van der Waals surface area contributed by atoms with Crippen molar-refractivity contribution in [2.75, 3.05) is 5.32 Å². The second kappa shape index (κ2) is 13.1. The molecule has 0 unspecified atom stereocenters. The lowest BCUT2D eigenvalue weighted by Gasteiger charge is -2.32. The zero-order valence-corrected chi connectivity index (χ0v) is 21.4. The minimum Gasteiger partial charge on any atom is -0.351 e. The summed E-state index contributed by atoms with van der Waals surface area (Å²) in [5.74, 6) is -0.691. The first-order valence-electron chi connectivity index (χ1n) is 12.6. The maximum atomic E-state index is 13.7. The van der Waals surface area contributed by atoms with E-state index in [4.69, 9.17) is 0 Å². The van der Waals surface area contributed by atoms with Crippen LogP contribution in [0, 0.1) is 5.82 Å². The fourth-order valence-electron chi connectivity index (χ4n) is 4.55. The SMILES string of the molecule is O=C(CCCC(=O)N(Cc1cccs1)[C@H](C(=O)NC1CCCC1)c1ccc(F)cc1)Nc1ccccn1. The van der Waals surface area contributed by atoms with Crippen molar-refractivity contribution in [3.05, 3.63) is 82.4 Å². The Hall–Kier alpha value is -3.59. The van der Waals surface area contributed by atoms with Crippen LogP contribution >= 0.6 is 11.3 Å². The van der Waals surface area contributed by atoms with E-state index in [-0.39, 0.29) is 43.1 Å². The molecule has 1 fully saturated rings. The van der Waals surface area contributed by atoms with Crippen LogP contribution in [-0.2, 0) is 20.9 Å². The number of carbonyl (C=O) groups excluding carboxylic acids is 3. The summed E-state index contributed by atoms with van der Waals surface area (Å²) in [6.45, 7) is 0.247. The number of aromatic nitrogens is 1. The lowest BCUT2D eigenvalue weighted by Crippen LogP contribution is -2.45. The normalized spacial score (nSPS) is 14.2. The molecule has 4 rings (SSSR count). The standard InChI is InChI=1S/C28H31FN4O3S/c29-21-15-13-20(14-16-21)27(28(36)31-22-7-1-2-8-22)33(19-23-9-6-18-37-23)26(35)12-5-11-25(34)32-24-10-3-4-17-30-24/h3-4,6,9-10,13-18,22,27H,1-2,5,7-8,11-12,19H2,(H,31,36)(H,30,32,34)/t27-/m0/s1. The van der Waals surface area contributed by atoms with Crippen molar-refractivity contribution in [1.29, 1.82) is 0 Å². The second-order valence-electron chi connectivity index (χ2n) is 9.16. The molecule has 194 valence electrons. The van der Waals surface area contributed by atoms with E-state index in [1.165, 1.54) is 23.5 Å². The van der Waals surface area contributed by atoms with Gasteiger partial charge in [0, 0.05) is 30.0 Å². The first-order valence-corrected chi connectivity index (χ1v) is 13.5. The Kier molecular flexibility index (Phi) is 9.37. The van der Waals surface area contributed by atoms with Crippen LogP contribution < -0.4 is 10.6 Å². The molecule has 2 heterocycles. The summed E-state index contributed by atoms with van der Waals surface area (Å²) in [6.07, 6.45) is 6.08. The molecule has 3 amide bonds. The molecular formula is C28H31FN4O3S. The largest absolute Gasteiger partial charge is 0.351 e. The summed E-state index contributed by atoms with van der Waals surface area (Å²) in [4.78, 5) is 46.0. The van der Waals surface area contributed by atoms with E-state index >= 15 is 0 Å². The highest BCUT2D eigenvalue weighted by molar-refractivity contribution is 7.09. The molecule has 0 radical (unpaired) electrons. The van der Waals surface area contributed by atoms with Gasteiger partial charge in [-0.15, -0.1) is 11.3 Å². The third-order valence-corrected chi connectivity index (χ3v) is 7.26. The average molecular weight is 523 g/mol. The summed E-state index contributed by atoms with van der Waals surface area (Å²) in [5, 5.41) is 7.76. The molecule has 1 saturated carbocycles. The number of hydrogen-bond donors (Lipinski definition) is 2. The minimum absolute atomic E-state index is 0.0735. The zero-order chi connectivity index (χ0) is 26.0. The van der Waals surface area contributed by atoms with E-state index in [2.05, 4.69) is 15.6 Å². The molecular weight excluding hydrogens is 491 g/mol. The number of nitrogens with one attached hydrogen (secondary N) is 2. The molecule has 9 heteroatoms. The summed E-state index contributed by atoms with van der Waals surface area (Å²) < 4.78 is 13.7. The number of nitrogens with zero attached hydrogens (tertiary/aromatic N) is 2. The Morgan fingerprint density at radius 2 is 1.81 bits per heavy atom. The van der Waals surface area contributed by atoms with Gasteiger partial charge in [0.1, 0.15) is 17.7 Å². The Bertz CT molecular complexity index is 1170. The predicted molar refractivity (Wildman–Crippen MR) is 141 cm³/mol. The molecule has 3 aromatic rings. The topological polar surface area (TPSA) is 91.4 Å². The zero-order valence-electron chi connectivity index (χ0n) is 20.6. The summed E-state index contributed by atoms with van der Waals surface area (Å²) in [5.41, 5.74) is 0.551. The van der Waals surface area contributed by atoms with Gasteiger partial charge in [0.05, 0.1) is 6.54 Å². The first-order chi connectivity index (χ1) is 18.0. The highest BCUT2D eigenvalue weighted by atomic mass is 32.1. The van der Waals surface area contributed by atoms with Crippen LogP contribution in [0.3, 0.4) is 0 Å². The van der Waals surface area contributed by atoms with Crippen LogP contribution in [0.4, 0.5) is 10.2 Å². The average Bonchev–Trinajstić information content (AvgIpc) is 3.60. The van der Waals surface area contributed by atoms with E-state index in [1.807, 2.05) is 17.5 Å². The molecule has 0 bridgehead atoms. The van der Waals surface area contributed by atoms with Gasteiger partial charge < -0.3 is 15.5 Å². The fraction of sp³-hybridized carbons (Fsp3) is 0.357. The Balaban J connectivity index is 1.50. The number of anilines is 1. The molecule has 1 atom stereocenters. The smallest absolute Gasteiger partial charge is 0.247 e. The van der Waals surface area contributed by atoms with E-state index in [1.54, 1.807) is 41.4 Å². The molecule has 0 spiro atoms. The van der Waals surface area contributed by atoms with Crippen LogP contribution in [0.1, 0.15) is 61.4 Å². The van der Waals surface area contributed by atoms with E-state index in [0.29, 0.717) is 17.8 Å². The third-order valence-electron chi connectivity index (χ3n) is 6.40. The number of hydrogen-bond acceptors (Lipinski definition) is 5. The molecule has 7 nitrogen and oxygen atoms in total. The summed E-state index contributed by atoms with van der Waals surface area (Å²) in [7, 11) is 0. The quantitative estimate of drug-likeness (QED) is 0.361. The van der Waals surface area contributed by atoms with E-state index in [9.17, 15) is 18.8 Å². The Labute approximate surface area is 220 Å². The summed E-state index contributed by atoms with van der Waals surface area (Å²) in [6, 6.07) is 14.0. The lowest BCUT2D eigenvalue weighted by atomic mass is 10.0. The molecule has 1 aromatic carbocycles. The molecule has 0 aliphatic heterocycles. The van der Waals surface area contributed by atoms with Gasteiger partial charge in [0.15, 0.2) is 0 Å². The number of amides is 3. The predicted octanol–water partition coefficient (Wildman–Crippen LogP) is 5.22. The number of carbonyl (C=O) groups is 3. The molecule has 37 heavy (non-hydrogen) atoms. The molecule has 2 N–H and O–H groups in total. The first kappa shape index (κ1) is 26.5. The van der Waals surface area contributed by atoms with Crippen LogP contribution in [0.15, 0.2) is 66.2 Å². The van der Waals surface area contributed by atoms with E-state index < -0.39 is 11.9 Å². The maximum absolute atomic E-state index is 13.7. The van der Waals surface area contributed by atoms with Crippen LogP contribution in [-0.4, -0.2) is 33.6 Å². The van der Waals surface area contributed by atoms with Crippen LogP contribution in [0.5, 0.6) is 0 Å². The van der Waals surface area contributed by atoms with Crippen LogP contribution in [0.2, 0.25) is 0 Å². The van der Waals surface area contributed by atoms with Gasteiger partial charge in [-0.3, -0.25) is 14.4 Å². The Morgan fingerprint density at radius 1 is 1.03 bits per heavy atom. The van der Waals surface area contributed by atoms with Crippen molar-refractivity contribution in [3.8, 4) is 0 Å². The van der Waals surface area contributed by atoms with E-state index in [0.717, 1.165) is 30.6 Å². The number of rotatable bonds is 11. The highest BCUT2D eigenvalue weighted by Gasteiger charge is 2.33. The molecule has 2 aromatic heterocycles. The van der Waals surface area contributed by atoms with Crippen LogP contribution in [0.25, 0.3) is 0 Å². The monoisotopic (exact) mass is 522 g/mol. The minimum atomic E-state index is -0.904. The van der Waals surface area contributed by atoms with Gasteiger partial charge in [-0.1, -0.05) is 37.1 Å². The van der Waals surface area contributed by atoms with Crippen molar-refractivity contribution < 1.29 is 18.8 Å². The molecule has 0 saturated heterocycles. The third kappa shape index (κ3) is 7.69. The molecule has 1 aliphatic carbocycles. The lowest BCUT2D eigenvalue weighted by molar-refractivity contribution is -0.142. The van der Waals surface area contributed by atoms with Gasteiger partial charge in [0.25, 0.3) is 0 Å². The fourth-order valence-corrected chi connectivity index (χ4v) is 5.25. The number of benzene rings is 1. The number of pyridine rings is 1. The second-order valence-corrected chi connectivity index (χ2v) is 10.2. The van der Waals surface area contributed by atoms with Gasteiger partial charge >= 0.3 is 0 Å². The maximum Gasteiger partial charge on any atom is 0.247 e. The van der Waals surface area contributed by atoms with Gasteiger partial charge in [-0.25, -0.2) is 9.37 Å². The van der Waals surface area contributed by atoms with Crippen molar-refractivity contribution in [3.63, 3.8) is 0 Å². The Morgan fingerprint density at radius 3 is 2.49 bits per heavy atom. The highest BCUT2D eigenvalue weighted by Crippen LogP contribution is 2.28. The number of thiophene rings is 1. The summed E-state index contributed by atoms with van der Waals surface area (Å²) >= 11 is 1.50. The van der Waals surface area contributed by atoms with Gasteiger partial charge in [0.2, 0.25) is 17.7 Å². The van der Waals surface area contributed by atoms with Crippen molar-refractivity contribution in [2.24, 2.45) is 0 Å². The van der Waals surface area contributed by atoms with Gasteiger partial charge in [-0.2, -0.15) is 0 Å². The molecule has 1 aliphatic rings. The van der Waals surface area contributed by atoms with Gasteiger partial charge in [-0.05, 0) is 60.5 Å². The van der Waals surface area contributed by atoms with Crippen molar-refractivity contribution in [2.45, 2.75) is 63.6 Å². The number of halogens is 1. The van der Waals surface area contributed by atoms with Crippen molar-refractivity contribution >= 4 is 34.9 Å². The van der Waals surface area contributed by atoms with Crippen molar-refractivity contribution in [1.82, 2.24) is 15.2 Å².